The fourth-order valence-corrected chi connectivity index (χ4v) is 1.59. The molecule has 0 unspecified atom stereocenters. The van der Waals surface area contributed by atoms with E-state index in [0.717, 1.165) is 11.4 Å². The predicted molar refractivity (Wildman–Crippen MR) is 58.7 cm³/mol. The third-order valence-electron chi connectivity index (χ3n) is 2.37. The minimum atomic E-state index is -0.959. The van der Waals surface area contributed by atoms with Gasteiger partial charge in [0.15, 0.2) is 0 Å². The molecule has 0 bridgehead atoms. The maximum atomic E-state index is 10.8. The lowest BCUT2D eigenvalue weighted by atomic mass is 10.2. The SMILES string of the molecule is O=C(O)c1cccc(-n2cccc2CO)c1. The van der Waals surface area contributed by atoms with Crippen molar-refractivity contribution < 1.29 is 15.0 Å². The summed E-state index contributed by atoms with van der Waals surface area (Å²) in [7, 11) is 0. The summed E-state index contributed by atoms with van der Waals surface area (Å²) in [6.45, 7) is -0.0791. The number of carboxylic acids is 1. The van der Waals surface area contributed by atoms with E-state index in [9.17, 15) is 4.79 Å². The number of carbonyl (C=O) groups is 1. The number of carboxylic acid groups (broad SMARTS) is 1. The van der Waals surface area contributed by atoms with Crippen molar-refractivity contribution in [1.29, 1.82) is 0 Å². The Hall–Kier alpha value is -2.07. The number of aromatic nitrogens is 1. The first-order valence-corrected chi connectivity index (χ1v) is 4.83. The van der Waals surface area contributed by atoms with E-state index in [2.05, 4.69) is 0 Å². The topological polar surface area (TPSA) is 62.5 Å². The number of nitrogens with zero attached hydrogens (tertiary/aromatic N) is 1. The molecule has 2 rings (SSSR count). The molecule has 2 aromatic rings. The summed E-state index contributed by atoms with van der Waals surface area (Å²) in [5.41, 5.74) is 1.69. The molecule has 1 heterocycles. The zero-order valence-electron chi connectivity index (χ0n) is 8.50. The average molecular weight is 217 g/mol. The lowest BCUT2D eigenvalue weighted by molar-refractivity contribution is 0.0697. The molecule has 1 aromatic carbocycles. The quantitative estimate of drug-likeness (QED) is 0.822. The first kappa shape index (κ1) is 10.4. The van der Waals surface area contributed by atoms with Crippen molar-refractivity contribution in [2.24, 2.45) is 0 Å². The highest BCUT2D eigenvalue weighted by Gasteiger charge is 2.06. The first-order valence-electron chi connectivity index (χ1n) is 4.83. The molecule has 0 amide bonds. The average Bonchev–Trinajstić information content (AvgIpc) is 2.77. The van der Waals surface area contributed by atoms with Crippen molar-refractivity contribution in [3.8, 4) is 5.69 Å². The van der Waals surface area contributed by atoms with Gasteiger partial charge in [0, 0.05) is 17.6 Å². The van der Waals surface area contributed by atoms with Crippen LogP contribution in [0.3, 0.4) is 0 Å². The molecule has 0 aliphatic rings. The van der Waals surface area contributed by atoms with Gasteiger partial charge in [0.1, 0.15) is 0 Å². The van der Waals surface area contributed by atoms with Crippen molar-refractivity contribution in [1.82, 2.24) is 4.57 Å². The number of hydrogen-bond donors (Lipinski definition) is 2. The summed E-state index contributed by atoms with van der Waals surface area (Å²) in [6, 6.07) is 10.2. The number of rotatable bonds is 3. The number of benzene rings is 1. The summed E-state index contributed by atoms with van der Waals surface area (Å²) in [5.74, 6) is -0.959. The second-order valence-electron chi connectivity index (χ2n) is 3.38. The molecule has 0 aliphatic heterocycles. The van der Waals surface area contributed by atoms with Gasteiger partial charge >= 0.3 is 5.97 Å². The Morgan fingerprint density at radius 2 is 2.06 bits per heavy atom. The van der Waals surface area contributed by atoms with Gasteiger partial charge in [-0.25, -0.2) is 4.79 Å². The molecule has 4 nitrogen and oxygen atoms in total. The molecule has 16 heavy (non-hydrogen) atoms. The third kappa shape index (κ3) is 1.83. The zero-order valence-corrected chi connectivity index (χ0v) is 8.50. The van der Waals surface area contributed by atoms with Crippen molar-refractivity contribution in [2.45, 2.75) is 6.61 Å². The van der Waals surface area contributed by atoms with E-state index < -0.39 is 5.97 Å². The molecule has 4 heteroatoms. The molecule has 2 N–H and O–H groups in total. The standard InChI is InChI=1S/C12H11NO3/c14-8-11-5-2-6-13(11)10-4-1-3-9(7-10)12(15)16/h1-7,14H,8H2,(H,15,16). The molecule has 0 atom stereocenters. The van der Waals surface area contributed by atoms with Crippen LogP contribution in [0.15, 0.2) is 42.6 Å². The zero-order chi connectivity index (χ0) is 11.5. The van der Waals surface area contributed by atoms with Crippen LogP contribution < -0.4 is 0 Å². The Labute approximate surface area is 92.4 Å². The summed E-state index contributed by atoms with van der Waals surface area (Å²) in [4.78, 5) is 10.8. The van der Waals surface area contributed by atoms with E-state index in [1.165, 1.54) is 6.07 Å². The second-order valence-corrected chi connectivity index (χ2v) is 3.38. The van der Waals surface area contributed by atoms with Crippen LogP contribution >= 0.6 is 0 Å². The van der Waals surface area contributed by atoms with Crippen LogP contribution in [0.25, 0.3) is 5.69 Å². The van der Waals surface area contributed by atoms with E-state index in [-0.39, 0.29) is 12.2 Å². The maximum Gasteiger partial charge on any atom is 0.335 e. The van der Waals surface area contributed by atoms with E-state index in [0.29, 0.717) is 0 Å². The molecule has 0 saturated carbocycles. The number of aliphatic hydroxyl groups is 1. The molecule has 82 valence electrons. The van der Waals surface area contributed by atoms with Crippen LogP contribution in [-0.2, 0) is 6.61 Å². The normalized spacial score (nSPS) is 10.3. The van der Waals surface area contributed by atoms with Gasteiger partial charge in [-0.1, -0.05) is 6.07 Å². The Kier molecular flexibility index (Phi) is 2.74. The first-order chi connectivity index (χ1) is 7.72. The van der Waals surface area contributed by atoms with Gasteiger partial charge in [-0.05, 0) is 30.3 Å². The van der Waals surface area contributed by atoms with Crippen LogP contribution in [0, 0.1) is 0 Å². The van der Waals surface area contributed by atoms with Crippen molar-refractivity contribution in [3.05, 3.63) is 53.9 Å². The Bertz CT molecular complexity index is 516. The Balaban J connectivity index is 2.48. The van der Waals surface area contributed by atoms with Gasteiger partial charge in [0.2, 0.25) is 0 Å². The van der Waals surface area contributed by atoms with Gasteiger partial charge in [0.25, 0.3) is 0 Å². The highest BCUT2D eigenvalue weighted by atomic mass is 16.4. The van der Waals surface area contributed by atoms with Gasteiger partial charge in [-0.2, -0.15) is 0 Å². The van der Waals surface area contributed by atoms with Gasteiger partial charge in [-0.15, -0.1) is 0 Å². The van der Waals surface area contributed by atoms with Gasteiger partial charge in [0.05, 0.1) is 12.2 Å². The number of aliphatic hydroxyl groups excluding tert-OH is 1. The fourth-order valence-electron chi connectivity index (χ4n) is 1.59. The number of aromatic carboxylic acids is 1. The molecular formula is C12H11NO3. The van der Waals surface area contributed by atoms with Crippen LogP contribution in [-0.4, -0.2) is 20.7 Å². The van der Waals surface area contributed by atoms with Crippen molar-refractivity contribution in [2.75, 3.05) is 0 Å². The van der Waals surface area contributed by atoms with Gasteiger partial charge < -0.3 is 14.8 Å². The van der Waals surface area contributed by atoms with E-state index in [1.54, 1.807) is 41.1 Å². The highest BCUT2D eigenvalue weighted by molar-refractivity contribution is 5.88. The summed E-state index contributed by atoms with van der Waals surface area (Å²) < 4.78 is 1.76. The number of hydrogen-bond acceptors (Lipinski definition) is 2. The third-order valence-corrected chi connectivity index (χ3v) is 2.37. The van der Waals surface area contributed by atoms with Crippen LogP contribution in [0.2, 0.25) is 0 Å². The van der Waals surface area contributed by atoms with Crippen molar-refractivity contribution >= 4 is 5.97 Å². The molecule has 1 aromatic heterocycles. The van der Waals surface area contributed by atoms with Crippen LogP contribution in [0.1, 0.15) is 16.1 Å². The minimum Gasteiger partial charge on any atom is -0.478 e. The second kappa shape index (κ2) is 4.20. The molecule has 0 radical (unpaired) electrons. The summed E-state index contributed by atoms with van der Waals surface area (Å²) in [5, 5.41) is 18.0. The smallest absolute Gasteiger partial charge is 0.335 e. The largest absolute Gasteiger partial charge is 0.478 e. The molecular weight excluding hydrogens is 206 g/mol. The fraction of sp³-hybridized carbons (Fsp3) is 0.0833. The molecule has 0 aliphatic carbocycles. The monoisotopic (exact) mass is 217 g/mol. The lowest BCUT2D eigenvalue weighted by Crippen LogP contribution is -2.01. The van der Waals surface area contributed by atoms with E-state index in [1.807, 2.05) is 0 Å². The van der Waals surface area contributed by atoms with Crippen LogP contribution in [0.4, 0.5) is 0 Å². The maximum absolute atomic E-state index is 10.8. The highest BCUT2D eigenvalue weighted by Crippen LogP contribution is 2.14. The minimum absolute atomic E-state index is 0.0791. The molecule has 0 spiro atoms. The molecule has 0 saturated heterocycles. The Morgan fingerprint density at radius 3 is 2.75 bits per heavy atom. The molecule has 0 fully saturated rings. The van der Waals surface area contributed by atoms with Crippen LogP contribution in [0.5, 0.6) is 0 Å². The van der Waals surface area contributed by atoms with Gasteiger partial charge in [-0.3, -0.25) is 0 Å². The van der Waals surface area contributed by atoms with E-state index >= 15 is 0 Å². The summed E-state index contributed by atoms with van der Waals surface area (Å²) >= 11 is 0. The van der Waals surface area contributed by atoms with E-state index in [4.69, 9.17) is 10.2 Å². The lowest BCUT2D eigenvalue weighted by Gasteiger charge is -2.07. The van der Waals surface area contributed by atoms with Crippen molar-refractivity contribution in [3.63, 3.8) is 0 Å². The Morgan fingerprint density at radius 1 is 1.25 bits per heavy atom. The summed E-state index contributed by atoms with van der Waals surface area (Å²) in [6.07, 6.45) is 1.78. The predicted octanol–water partition coefficient (Wildman–Crippen LogP) is 1.67.